The number of ether oxygens (including phenoxy) is 2. The van der Waals surface area contributed by atoms with E-state index in [9.17, 15) is 10.1 Å². The number of methoxy groups -OCH3 is 1. The summed E-state index contributed by atoms with van der Waals surface area (Å²) in [4.78, 5) is 19.8. The fourth-order valence-corrected chi connectivity index (χ4v) is 4.82. The fourth-order valence-electron chi connectivity index (χ4n) is 4.57. The summed E-state index contributed by atoms with van der Waals surface area (Å²) in [6.45, 7) is 6.96. The summed E-state index contributed by atoms with van der Waals surface area (Å²) in [6.07, 6.45) is 7.12. The molecule has 8 nitrogen and oxygen atoms in total. The largest absolute Gasteiger partial charge is 0.495 e. The molecule has 3 aromatic rings. The Balaban J connectivity index is 1.69. The number of carbonyl (C=O) groups is 1. The maximum Gasteiger partial charge on any atom is 0.248 e. The molecule has 1 fully saturated rings. The number of likely N-dealkylation sites (tertiary alicyclic amines) is 1. The van der Waals surface area contributed by atoms with Crippen molar-refractivity contribution in [2.45, 2.75) is 33.1 Å². The average molecular weight is 534 g/mol. The highest BCUT2D eigenvalue weighted by molar-refractivity contribution is 6.32. The van der Waals surface area contributed by atoms with Gasteiger partial charge in [0.25, 0.3) is 0 Å². The zero-order valence-corrected chi connectivity index (χ0v) is 22.7. The highest BCUT2D eigenvalue weighted by Crippen LogP contribution is 2.38. The molecule has 4 rings (SSSR count). The normalized spacial score (nSPS) is 13.9. The standard InChI is InChI=1S/C29H32ClN5O3/c1-4-38-27-17-24-21(16-25(27)34-28(36)9-8-14-35-12-6-5-7-13-35)29(22(18-31)19(2)32-24)33-20-10-11-26(37-3)23(30)15-20/h8-11,15-17H,4-7,12-14H2,1-3H3,(H,32,33)(H,34,36)/b9-8+. The first-order chi connectivity index (χ1) is 18.4. The van der Waals surface area contributed by atoms with Gasteiger partial charge in [0.1, 0.15) is 17.6 Å². The van der Waals surface area contributed by atoms with Crippen LogP contribution in [-0.2, 0) is 4.79 Å². The zero-order chi connectivity index (χ0) is 27.1. The number of hydrogen-bond donors (Lipinski definition) is 2. The van der Waals surface area contributed by atoms with Crippen LogP contribution in [0.25, 0.3) is 10.9 Å². The Morgan fingerprint density at radius 3 is 2.68 bits per heavy atom. The lowest BCUT2D eigenvalue weighted by Gasteiger charge is -2.24. The molecule has 0 unspecified atom stereocenters. The lowest BCUT2D eigenvalue weighted by molar-refractivity contribution is -0.111. The highest BCUT2D eigenvalue weighted by atomic mass is 35.5. The topological polar surface area (TPSA) is 99.5 Å². The van der Waals surface area contributed by atoms with Crippen LogP contribution in [0.3, 0.4) is 0 Å². The number of nitrogens with zero attached hydrogens (tertiary/aromatic N) is 3. The second-order valence-electron chi connectivity index (χ2n) is 9.08. The van der Waals surface area contributed by atoms with Crippen LogP contribution < -0.4 is 20.1 Å². The Bertz CT molecular complexity index is 1390. The van der Waals surface area contributed by atoms with Crippen LogP contribution in [0.2, 0.25) is 5.02 Å². The molecule has 0 spiro atoms. The third-order valence-corrected chi connectivity index (χ3v) is 6.73. The van der Waals surface area contributed by atoms with Crippen molar-refractivity contribution in [1.29, 1.82) is 5.26 Å². The number of fused-ring (bicyclic) bond motifs is 1. The molecular formula is C29H32ClN5O3. The Labute approximate surface area is 228 Å². The lowest BCUT2D eigenvalue weighted by atomic mass is 10.0. The predicted octanol–water partition coefficient (Wildman–Crippen LogP) is 6.20. The third-order valence-electron chi connectivity index (χ3n) is 6.44. The molecule has 2 aromatic carbocycles. The van der Waals surface area contributed by atoms with E-state index in [4.69, 9.17) is 21.1 Å². The summed E-state index contributed by atoms with van der Waals surface area (Å²) in [5.41, 5.74) is 3.34. The van der Waals surface area contributed by atoms with Gasteiger partial charge in [-0.25, -0.2) is 0 Å². The van der Waals surface area contributed by atoms with Gasteiger partial charge in [-0.3, -0.25) is 14.7 Å². The molecule has 1 aromatic heterocycles. The van der Waals surface area contributed by atoms with Crippen LogP contribution in [0.4, 0.5) is 17.1 Å². The van der Waals surface area contributed by atoms with Crippen molar-refractivity contribution in [2.24, 2.45) is 0 Å². The smallest absolute Gasteiger partial charge is 0.248 e. The molecule has 1 saturated heterocycles. The number of amides is 1. The first-order valence-corrected chi connectivity index (χ1v) is 13.1. The average Bonchev–Trinajstić information content (AvgIpc) is 2.90. The lowest BCUT2D eigenvalue weighted by Crippen LogP contribution is -2.29. The Morgan fingerprint density at radius 1 is 1.21 bits per heavy atom. The quantitative estimate of drug-likeness (QED) is 0.316. The molecular weight excluding hydrogens is 502 g/mol. The number of carbonyl (C=O) groups excluding carboxylic acids is 1. The maximum absolute atomic E-state index is 12.8. The van der Waals surface area contributed by atoms with Crippen LogP contribution in [-0.4, -0.2) is 49.1 Å². The van der Waals surface area contributed by atoms with Gasteiger partial charge < -0.3 is 20.1 Å². The van der Waals surface area contributed by atoms with Crippen molar-refractivity contribution in [3.63, 3.8) is 0 Å². The number of aryl methyl sites for hydroxylation is 1. The fraction of sp³-hybridized carbons (Fsp3) is 0.345. The van der Waals surface area contributed by atoms with Crippen molar-refractivity contribution in [3.8, 4) is 17.6 Å². The number of nitriles is 1. The van der Waals surface area contributed by atoms with E-state index in [0.29, 0.717) is 62.4 Å². The van der Waals surface area contributed by atoms with Crippen molar-refractivity contribution in [3.05, 3.63) is 58.8 Å². The summed E-state index contributed by atoms with van der Waals surface area (Å²) in [7, 11) is 1.55. The molecule has 0 radical (unpaired) electrons. The minimum Gasteiger partial charge on any atom is -0.495 e. The van der Waals surface area contributed by atoms with Gasteiger partial charge in [-0.2, -0.15) is 5.26 Å². The van der Waals surface area contributed by atoms with Gasteiger partial charge >= 0.3 is 0 Å². The Morgan fingerprint density at radius 2 is 2.00 bits per heavy atom. The van der Waals surface area contributed by atoms with E-state index in [0.717, 1.165) is 19.6 Å². The second kappa shape index (κ2) is 12.6. The number of piperidine rings is 1. The minimum absolute atomic E-state index is 0.251. The van der Waals surface area contributed by atoms with Gasteiger partial charge in [0, 0.05) is 29.8 Å². The van der Waals surface area contributed by atoms with E-state index in [2.05, 4.69) is 26.6 Å². The van der Waals surface area contributed by atoms with Crippen molar-refractivity contribution in [2.75, 3.05) is 44.0 Å². The summed E-state index contributed by atoms with van der Waals surface area (Å²) in [5, 5.41) is 17.3. The number of aromatic nitrogens is 1. The molecule has 0 saturated carbocycles. The predicted molar refractivity (Wildman–Crippen MR) is 152 cm³/mol. The van der Waals surface area contributed by atoms with Crippen LogP contribution in [0.1, 0.15) is 37.4 Å². The number of pyridine rings is 1. The molecule has 1 aliphatic heterocycles. The molecule has 1 amide bonds. The first kappa shape index (κ1) is 27.2. The molecule has 0 bridgehead atoms. The zero-order valence-electron chi connectivity index (χ0n) is 21.9. The second-order valence-corrected chi connectivity index (χ2v) is 9.49. The summed E-state index contributed by atoms with van der Waals surface area (Å²) < 4.78 is 11.1. The van der Waals surface area contributed by atoms with Crippen molar-refractivity contribution in [1.82, 2.24) is 9.88 Å². The van der Waals surface area contributed by atoms with Crippen LogP contribution in [0, 0.1) is 18.3 Å². The molecule has 9 heteroatoms. The van der Waals surface area contributed by atoms with E-state index >= 15 is 0 Å². The molecule has 0 atom stereocenters. The number of nitrogens with one attached hydrogen (secondary N) is 2. The summed E-state index contributed by atoms with van der Waals surface area (Å²) in [5.74, 6) is 0.806. The number of benzene rings is 2. The van der Waals surface area contributed by atoms with Gasteiger partial charge in [0.15, 0.2) is 0 Å². The number of halogens is 1. The summed E-state index contributed by atoms with van der Waals surface area (Å²) in [6, 6.07) is 11.1. The van der Waals surface area contributed by atoms with Crippen molar-refractivity contribution >= 4 is 45.5 Å². The molecule has 38 heavy (non-hydrogen) atoms. The number of anilines is 3. The molecule has 2 N–H and O–H groups in total. The highest BCUT2D eigenvalue weighted by Gasteiger charge is 2.18. The van der Waals surface area contributed by atoms with E-state index < -0.39 is 0 Å². The van der Waals surface area contributed by atoms with Gasteiger partial charge in [0.05, 0.1) is 46.9 Å². The number of rotatable bonds is 9. The summed E-state index contributed by atoms with van der Waals surface area (Å²) >= 11 is 6.33. The van der Waals surface area contributed by atoms with Gasteiger partial charge in [0.2, 0.25) is 5.91 Å². The van der Waals surface area contributed by atoms with Crippen molar-refractivity contribution < 1.29 is 14.3 Å². The third kappa shape index (κ3) is 6.36. The van der Waals surface area contributed by atoms with Gasteiger partial charge in [-0.15, -0.1) is 0 Å². The van der Waals surface area contributed by atoms with Crippen LogP contribution in [0.5, 0.6) is 11.5 Å². The maximum atomic E-state index is 12.8. The molecule has 1 aliphatic rings. The monoisotopic (exact) mass is 533 g/mol. The van der Waals surface area contributed by atoms with Crippen LogP contribution in [0.15, 0.2) is 42.5 Å². The minimum atomic E-state index is -0.251. The number of hydrogen-bond acceptors (Lipinski definition) is 7. The van der Waals surface area contributed by atoms with E-state index in [1.54, 1.807) is 44.4 Å². The van der Waals surface area contributed by atoms with E-state index in [-0.39, 0.29) is 5.91 Å². The molecule has 2 heterocycles. The van der Waals surface area contributed by atoms with Gasteiger partial charge in [-0.1, -0.05) is 24.1 Å². The molecule has 198 valence electrons. The van der Waals surface area contributed by atoms with E-state index in [1.807, 2.05) is 19.1 Å². The SMILES string of the molecule is CCOc1cc2nc(C)c(C#N)c(Nc3ccc(OC)c(Cl)c3)c2cc1NC(=O)/C=C/CN1CCCCC1. The Kier molecular flexibility index (Phi) is 9.06. The molecule has 0 aliphatic carbocycles. The van der Waals surface area contributed by atoms with Crippen LogP contribution >= 0.6 is 11.6 Å². The van der Waals surface area contributed by atoms with E-state index in [1.165, 1.54) is 19.3 Å². The Hall–Kier alpha value is -3.80. The van der Waals surface area contributed by atoms with Gasteiger partial charge in [-0.05, 0) is 64.0 Å². The first-order valence-electron chi connectivity index (χ1n) is 12.7.